The molecule has 0 atom stereocenters. The number of pyridine rings is 1. The van der Waals surface area contributed by atoms with Gasteiger partial charge in [-0.1, -0.05) is 17.8 Å². The third-order valence-corrected chi connectivity index (χ3v) is 6.05. The van der Waals surface area contributed by atoms with Crippen molar-refractivity contribution < 1.29 is 14.3 Å². The SMILES string of the molecule is COc1ccc(-c2ccc(C#N)c(SCC(=O)Nc3ccc(C)cc3Br)n2)cc1OC. The van der Waals surface area contributed by atoms with E-state index in [2.05, 4.69) is 32.3 Å². The standard InChI is InChI=1S/C23H20BrN3O3S/c1-14-4-7-19(17(24)10-14)26-22(28)13-31-23-16(12-25)5-8-18(27-23)15-6-9-20(29-2)21(11-15)30-3/h4-11H,13H2,1-3H3,(H,26,28). The Morgan fingerprint density at radius 1 is 1.13 bits per heavy atom. The Kier molecular flexibility index (Phi) is 7.55. The Hall–Kier alpha value is -3.02. The van der Waals surface area contributed by atoms with Gasteiger partial charge in [-0.05, 0) is 70.9 Å². The fourth-order valence-electron chi connectivity index (χ4n) is 2.83. The summed E-state index contributed by atoms with van der Waals surface area (Å²) < 4.78 is 11.5. The lowest BCUT2D eigenvalue weighted by Crippen LogP contribution is -2.14. The first-order valence-corrected chi connectivity index (χ1v) is 11.1. The zero-order chi connectivity index (χ0) is 22.4. The number of hydrogen-bond donors (Lipinski definition) is 1. The molecule has 0 unspecified atom stereocenters. The van der Waals surface area contributed by atoms with Crippen molar-refractivity contribution in [3.8, 4) is 28.8 Å². The molecule has 3 aromatic rings. The van der Waals surface area contributed by atoms with Crippen LogP contribution in [0.1, 0.15) is 11.1 Å². The van der Waals surface area contributed by atoms with Crippen LogP contribution >= 0.6 is 27.7 Å². The number of carbonyl (C=O) groups is 1. The molecular weight excluding hydrogens is 478 g/mol. The molecular formula is C23H20BrN3O3S. The van der Waals surface area contributed by atoms with Gasteiger partial charge in [0.05, 0.1) is 36.9 Å². The Labute approximate surface area is 193 Å². The van der Waals surface area contributed by atoms with Crippen molar-refractivity contribution in [2.75, 3.05) is 25.3 Å². The predicted molar refractivity (Wildman–Crippen MR) is 126 cm³/mol. The normalized spacial score (nSPS) is 10.3. The zero-order valence-corrected chi connectivity index (χ0v) is 19.6. The molecule has 3 rings (SSSR count). The molecule has 2 aromatic carbocycles. The second-order valence-electron chi connectivity index (χ2n) is 6.55. The maximum atomic E-state index is 12.4. The quantitative estimate of drug-likeness (QED) is 0.437. The summed E-state index contributed by atoms with van der Waals surface area (Å²) in [5.41, 5.74) is 3.69. The van der Waals surface area contributed by atoms with Gasteiger partial charge in [0.15, 0.2) is 11.5 Å². The number of nitrogens with one attached hydrogen (secondary N) is 1. The molecule has 6 nitrogen and oxygen atoms in total. The van der Waals surface area contributed by atoms with Crippen LogP contribution in [0.3, 0.4) is 0 Å². The highest BCUT2D eigenvalue weighted by atomic mass is 79.9. The summed E-state index contributed by atoms with van der Waals surface area (Å²) >= 11 is 4.67. The number of methoxy groups -OCH3 is 2. The van der Waals surface area contributed by atoms with Crippen molar-refractivity contribution in [2.24, 2.45) is 0 Å². The van der Waals surface area contributed by atoms with Gasteiger partial charge in [-0.2, -0.15) is 5.26 Å². The van der Waals surface area contributed by atoms with Gasteiger partial charge < -0.3 is 14.8 Å². The van der Waals surface area contributed by atoms with Gasteiger partial charge in [0.2, 0.25) is 5.91 Å². The minimum Gasteiger partial charge on any atom is -0.493 e. The van der Waals surface area contributed by atoms with Crippen molar-refractivity contribution in [1.29, 1.82) is 5.26 Å². The van der Waals surface area contributed by atoms with E-state index in [-0.39, 0.29) is 11.7 Å². The highest BCUT2D eigenvalue weighted by Crippen LogP contribution is 2.33. The summed E-state index contributed by atoms with van der Waals surface area (Å²) in [7, 11) is 3.15. The van der Waals surface area contributed by atoms with Gasteiger partial charge >= 0.3 is 0 Å². The van der Waals surface area contributed by atoms with E-state index in [0.717, 1.165) is 15.6 Å². The fourth-order valence-corrected chi connectivity index (χ4v) is 4.20. The lowest BCUT2D eigenvalue weighted by Gasteiger charge is -2.11. The number of thioether (sulfide) groups is 1. The van der Waals surface area contributed by atoms with Crippen LogP contribution in [0, 0.1) is 18.3 Å². The lowest BCUT2D eigenvalue weighted by atomic mass is 10.1. The fraction of sp³-hybridized carbons (Fsp3) is 0.174. The Morgan fingerprint density at radius 2 is 1.90 bits per heavy atom. The smallest absolute Gasteiger partial charge is 0.234 e. The predicted octanol–water partition coefficient (Wildman–Crippen LogP) is 5.44. The molecule has 1 amide bonds. The number of hydrogen-bond acceptors (Lipinski definition) is 6. The Balaban J connectivity index is 1.78. The van der Waals surface area contributed by atoms with Gasteiger partial charge in [0.25, 0.3) is 0 Å². The summed E-state index contributed by atoms with van der Waals surface area (Å²) in [6.07, 6.45) is 0. The number of ether oxygens (including phenoxy) is 2. The molecule has 1 heterocycles. The average molecular weight is 498 g/mol. The molecule has 0 radical (unpaired) electrons. The van der Waals surface area contributed by atoms with Crippen LogP contribution in [0.2, 0.25) is 0 Å². The monoisotopic (exact) mass is 497 g/mol. The molecule has 0 aliphatic carbocycles. The van der Waals surface area contributed by atoms with Crippen molar-refractivity contribution in [3.63, 3.8) is 0 Å². The number of carbonyl (C=O) groups excluding carboxylic acids is 1. The molecule has 0 bridgehead atoms. The second-order valence-corrected chi connectivity index (χ2v) is 8.37. The van der Waals surface area contributed by atoms with E-state index in [9.17, 15) is 10.1 Å². The minimum atomic E-state index is -0.184. The first-order valence-electron chi connectivity index (χ1n) is 9.27. The molecule has 158 valence electrons. The number of benzene rings is 2. The van der Waals surface area contributed by atoms with E-state index in [1.165, 1.54) is 11.8 Å². The number of halogens is 1. The number of nitrogens with zero attached hydrogens (tertiary/aromatic N) is 2. The van der Waals surface area contributed by atoms with Crippen LogP contribution in [0.4, 0.5) is 5.69 Å². The molecule has 0 saturated heterocycles. The Bertz CT molecular complexity index is 1160. The summed E-state index contributed by atoms with van der Waals surface area (Å²) in [6.45, 7) is 1.98. The number of anilines is 1. The second kappa shape index (κ2) is 10.3. The topological polar surface area (TPSA) is 84.2 Å². The van der Waals surface area contributed by atoms with Crippen molar-refractivity contribution in [1.82, 2.24) is 4.98 Å². The van der Waals surface area contributed by atoms with Crippen LogP contribution in [0.25, 0.3) is 11.3 Å². The van der Waals surface area contributed by atoms with Crippen LogP contribution in [-0.2, 0) is 4.79 Å². The number of aromatic nitrogens is 1. The van der Waals surface area contributed by atoms with E-state index < -0.39 is 0 Å². The van der Waals surface area contributed by atoms with E-state index in [1.807, 2.05) is 37.3 Å². The van der Waals surface area contributed by atoms with Crippen molar-refractivity contribution >= 4 is 39.3 Å². The van der Waals surface area contributed by atoms with Crippen molar-refractivity contribution in [3.05, 3.63) is 64.1 Å². The molecule has 0 aliphatic rings. The van der Waals surface area contributed by atoms with Crippen LogP contribution in [0.5, 0.6) is 11.5 Å². The van der Waals surface area contributed by atoms with Crippen LogP contribution in [-0.4, -0.2) is 30.9 Å². The summed E-state index contributed by atoms with van der Waals surface area (Å²) in [5.74, 6) is 1.14. The molecule has 0 fully saturated rings. The highest BCUT2D eigenvalue weighted by molar-refractivity contribution is 9.10. The largest absolute Gasteiger partial charge is 0.493 e. The van der Waals surface area contributed by atoms with Crippen LogP contribution in [0.15, 0.2) is 58.0 Å². The van der Waals surface area contributed by atoms with Crippen molar-refractivity contribution in [2.45, 2.75) is 11.9 Å². The maximum Gasteiger partial charge on any atom is 0.234 e. The van der Waals surface area contributed by atoms with E-state index in [0.29, 0.717) is 33.5 Å². The van der Waals surface area contributed by atoms with Gasteiger partial charge in [-0.15, -0.1) is 0 Å². The number of amides is 1. The lowest BCUT2D eigenvalue weighted by molar-refractivity contribution is -0.113. The van der Waals surface area contributed by atoms with E-state index in [4.69, 9.17) is 9.47 Å². The van der Waals surface area contributed by atoms with Gasteiger partial charge in [0, 0.05) is 10.0 Å². The maximum absolute atomic E-state index is 12.4. The van der Waals surface area contributed by atoms with E-state index >= 15 is 0 Å². The van der Waals surface area contributed by atoms with Gasteiger partial charge in [-0.25, -0.2) is 4.98 Å². The molecule has 0 saturated carbocycles. The van der Waals surface area contributed by atoms with Gasteiger partial charge in [-0.3, -0.25) is 4.79 Å². The first-order chi connectivity index (χ1) is 14.9. The summed E-state index contributed by atoms with van der Waals surface area (Å²) in [4.78, 5) is 17.0. The molecule has 1 aromatic heterocycles. The zero-order valence-electron chi connectivity index (χ0n) is 17.2. The third kappa shape index (κ3) is 5.57. The third-order valence-electron chi connectivity index (χ3n) is 4.40. The van der Waals surface area contributed by atoms with Gasteiger partial charge in [0.1, 0.15) is 11.1 Å². The number of rotatable bonds is 7. The Morgan fingerprint density at radius 3 is 2.58 bits per heavy atom. The molecule has 1 N–H and O–H groups in total. The minimum absolute atomic E-state index is 0.122. The highest BCUT2D eigenvalue weighted by Gasteiger charge is 2.13. The molecule has 8 heteroatoms. The molecule has 31 heavy (non-hydrogen) atoms. The average Bonchev–Trinajstić information content (AvgIpc) is 2.78. The molecule has 0 spiro atoms. The number of aryl methyl sites for hydroxylation is 1. The van der Waals surface area contributed by atoms with Crippen LogP contribution < -0.4 is 14.8 Å². The number of nitriles is 1. The summed E-state index contributed by atoms with van der Waals surface area (Å²) in [5, 5.41) is 12.8. The summed E-state index contributed by atoms with van der Waals surface area (Å²) in [6, 6.07) is 16.8. The first kappa shape index (κ1) is 22.7. The molecule has 0 aliphatic heterocycles. The van der Waals surface area contributed by atoms with E-state index in [1.54, 1.807) is 32.4 Å².